The largest absolute Gasteiger partial charge is 0.385 e. The lowest BCUT2D eigenvalue weighted by atomic mass is 10.1. The first-order valence-corrected chi connectivity index (χ1v) is 5.40. The number of carbonyl (C=O) groups excluding carboxylic acids is 1. The number of carbonyl (C=O) groups is 1. The van der Waals surface area contributed by atoms with E-state index >= 15 is 0 Å². The lowest BCUT2D eigenvalue weighted by molar-refractivity contribution is 0.102. The Morgan fingerprint density at radius 1 is 1.22 bits per heavy atom. The Hall–Kier alpha value is -2.43. The minimum Gasteiger partial charge on any atom is -0.385 e. The van der Waals surface area contributed by atoms with E-state index in [-0.39, 0.29) is 17.2 Å². The molecule has 4 nitrogen and oxygen atoms in total. The highest BCUT2D eigenvalue weighted by Crippen LogP contribution is 2.20. The average molecular weight is 245 g/mol. The highest BCUT2D eigenvalue weighted by atomic mass is 19.1. The second-order valence-corrected chi connectivity index (χ2v) is 3.60. The predicted octanol–water partition coefficient (Wildman–Crippen LogP) is 2.51. The van der Waals surface area contributed by atoms with Crippen molar-refractivity contribution in [2.75, 3.05) is 17.7 Å². The van der Waals surface area contributed by atoms with E-state index in [0.717, 1.165) is 0 Å². The van der Waals surface area contributed by atoms with Gasteiger partial charge in [0.25, 0.3) is 5.91 Å². The summed E-state index contributed by atoms with van der Waals surface area (Å²) in [5, 5.41) is 5.36. The van der Waals surface area contributed by atoms with Crippen molar-refractivity contribution in [2.45, 2.75) is 0 Å². The molecule has 5 heteroatoms. The molecule has 1 amide bonds. The first-order valence-electron chi connectivity index (χ1n) is 5.40. The summed E-state index contributed by atoms with van der Waals surface area (Å²) in [6, 6.07) is 7.69. The maximum Gasteiger partial charge on any atom is 0.257 e. The van der Waals surface area contributed by atoms with Gasteiger partial charge in [-0.2, -0.15) is 0 Å². The van der Waals surface area contributed by atoms with Crippen molar-refractivity contribution in [3.05, 3.63) is 54.1 Å². The number of pyridine rings is 1. The molecule has 18 heavy (non-hydrogen) atoms. The number of para-hydroxylation sites is 1. The van der Waals surface area contributed by atoms with Crippen LogP contribution in [0.3, 0.4) is 0 Å². The molecule has 0 aliphatic rings. The molecule has 0 saturated carbocycles. The predicted molar refractivity (Wildman–Crippen MR) is 68.1 cm³/mol. The van der Waals surface area contributed by atoms with E-state index in [1.165, 1.54) is 12.1 Å². The van der Waals surface area contributed by atoms with E-state index in [4.69, 9.17) is 0 Å². The number of nitrogens with one attached hydrogen (secondary N) is 2. The Balaban J connectivity index is 2.27. The second kappa shape index (κ2) is 5.27. The van der Waals surface area contributed by atoms with Gasteiger partial charge in [-0.15, -0.1) is 0 Å². The average Bonchev–Trinajstić information content (AvgIpc) is 2.39. The van der Waals surface area contributed by atoms with Crippen molar-refractivity contribution >= 4 is 17.3 Å². The molecular weight excluding hydrogens is 233 g/mol. The van der Waals surface area contributed by atoms with Gasteiger partial charge in [-0.25, -0.2) is 4.39 Å². The van der Waals surface area contributed by atoms with Crippen molar-refractivity contribution in [3.8, 4) is 0 Å². The van der Waals surface area contributed by atoms with Crippen molar-refractivity contribution in [2.24, 2.45) is 0 Å². The van der Waals surface area contributed by atoms with Crippen LogP contribution in [0.5, 0.6) is 0 Å². The normalized spacial score (nSPS) is 9.89. The van der Waals surface area contributed by atoms with Gasteiger partial charge in [0.05, 0.1) is 11.3 Å². The summed E-state index contributed by atoms with van der Waals surface area (Å²) in [4.78, 5) is 15.9. The van der Waals surface area contributed by atoms with Crippen LogP contribution in [0.1, 0.15) is 10.4 Å². The van der Waals surface area contributed by atoms with Gasteiger partial charge < -0.3 is 10.6 Å². The van der Waals surface area contributed by atoms with E-state index in [2.05, 4.69) is 15.6 Å². The Bertz CT molecular complexity index is 557. The number of halogens is 1. The van der Waals surface area contributed by atoms with Crippen molar-refractivity contribution in [1.82, 2.24) is 4.98 Å². The van der Waals surface area contributed by atoms with Crippen LogP contribution in [0.4, 0.5) is 15.8 Å². The number of rotatable bonds is 3. The zero-order chi connectivity index (χ0) is 13.0. The molecule has 2 aromatic rings. The van der Waals surface area contributed by atoms with Gasteiger partial charge in [0, 0.05) is 25.1 Å². The highest BCUT2D eigenvalue weighted by molar-refractivity contribution is 6.08. The number of hydrogen-bond acceptors (Lipinski definition) is 3. The third-order valence-corrected chi connectivity index (χ3v) is 2.45. The highest BCUT2D eigenvalue weighted by Gasteiger charge is 2.13. The molecule has 2 rings (SSSR count). The number of benzene rings is 1. The first kappa shape index (κ1) is 12.0. The molecule has 2 N–H and O–H groups in total. The first-order chi connectivity index (χ1) is 8.72. The van der Waals surface area contributed by atoms with Gasteiger partial charge in [-0.05, 0) is 24.3 Å². The molecule has 92 valence electrons. The van der Waals surface area contributed by atoms with Crippen molar-refractivity contribution in [3.63, 3.8) is 0 Å². The van der Waals surface area contributed by atoms with Crippen LogP contribution in [0.2, 0.25) is 0 Å². The molecule has 1 aromatic heterocycles. The minimum atomic E-state index is -0.458. The summed E-state index contributed by atoms with van der Waals surface area (Å²) in [7, 11) is 1.57. The molecule has 1 aromatic carbocycles. The fourth-order valence-electron chi connectivity index (χ4n) is 1.60. The monoisotopic (exact) mass is 245 g/mol. The molecule has 1 heterocycles. The van der Waals surface area contributed by atoms with Gasteiger partial charge in [-0.1, -0.05) is 6.07 Å². The van der Waals surface area contributed by atoms with Crippen LogP contribution in [0.15, 0.2) is 42.7 Å². The summed E-state index contributed by atoms with van der Waals surface area (Å²) in [6.07, 6.45) is 3.14. The maximum atomic E-state index is 13.5. The number of aromatic nitrogens is 1. The van der Waals surface area contributed by atoms with Gasteiger partial charge in [0.1, 0.15) is 5.82 Å². The molecule has 0 fully saturated rings. The SMILES string of the molecule is CNc1c(F)cccc1C(=O)Nc1ccncc1. The van der Waals surface area contributed by atoms with Gasteiger partial charge in [0.2, 0.25) is 0 Å². The van der Waals surface area contributed by atoms with E-state index in [1.54, 1.807) is 37.6 Å². The van der Waals surface area contributed by atoms with Crippen LogP contribution < -0.4 is 10.6 Å². The van der Waals surface area contributed by atoms with Gasteiger partial charge in [0.15, 0.2) is 0 Å². The molecule has 0 aliphatic carbocycles. The van der Waals surface area contributed by atoms with Crippen molar-refractivity contribution in [1.29, 1.82) is 0 Å². The molecule has 0 unspecified atom stereocenters. The summed E-state index contributed by atoms with van der Waals surface area (Å²) in [6.45, 7) is 0. The summed E-state index contributed by atoms with van der Waals surface area (Å²) < 4.78 is 13.5. The van der Waals surface area contributed by atoms with Crippen LogP contribution in [-0.2, 0) is 0 Å². The second-order valence-electron chi connectivity index (χ2n) is 3.60. The fourth-order valence-corrected chi connectivity index (χ4v) is 1.60. The number of hydrogen-bond donors (Lipinski definition) is 2. The molecule has 0 aliphatic heterocycles. The molecule has 0 bridgehead atoms. The van der Waals surface area contributed by atoms with Gasteiger partial charge in [-0.3, -0.25) is 9.78 Å². The van der Waals surface area contributed by atoms with Crippen LogP contribution >= 0.6 is 0 Å². The summed E-state index contributed by atoms with van der Waals surface area (Å²) >= 11 is 0. The smallest absolute Gasteiger partial charge is 0.257 e. The van der Waals surface area contributed by atoms with Crippen LogP contribution in [0, 0.1) is 5.82 Å². The quantitative estimate of drug-likeness (QED) is 0.873. The van der Waals surface area contributed by atoms with E-state index in [1.807, 2.05) is 0 Å². The third-order valence-electron chi connectivity index (χ3n) is 2.45. The lowest BCUT2D eigenvalue weighted by Gasteiger charge is -2.10. The van der Waals surface area contributed by atoms with Gasteiger partial charge >= 0.3 is 0 Å². The topological polar surface area (TPSA) is 54.0 Å². The zero-order valence-corrected chi connectivity index (χ0v) is 9.77. The zero-order valence-electron chi connectivity index (χ0n) is 9.77. The molecule has 0 spiro atoms. The Morgan fingerprint density at radius 2 is 1.94 bits per heavy atom. The van der Waals surface area contributed by atoms with E-state index < -0.39 is 5.82 Å². The number of nitrogens with zero attached hydrogens (tertiary/aromatic N) is 1. The molecular formula is C13H12FN3O. The number of amides is 1. The van der Waals surface area contributed by atoms with E-state index in [0.29, 0.717) is 5.69 Å². The van der Waals surface area contributed by atoms with Crippen molar-refractivity contribution < 1.29 is 9.18 Å². The Morgan fingerprint density at radius 3 is 2.61 bits per heavy atom. The molecule has 0 radical (unpaired) electrons. The number of anilines is 2. The lowest BCUT2D eigenvalue weighted by Crippen LogP contribution is -2.14. The fraction of sp³-hybridized carbons (Fsp3) is 0.0769. The standard InChI is InChI=1S/C13H12FN3O/c1-15-12-10(3-2-4-11(12)14)13(18)17-9-5-7-16-8-6-9/h2-8,15H,1H3,(H,16,17,18). The third kappa shape index (κ3) is 2.45. The van der Waals surface area contributed by atoms with E-state index in [9.17, 15) is 9.18 Å². The maximum absolute atomic E-state index is 13.5. The molecule has 0 atom stereocenters. The minimum absolute atomic E-state index is 0.184. The Kier molecular flexibility index (Phi) is 3.52. The summed E-state index contributed by atoms with van der Waals surface area (Å²) in [5.41, 5.74) is 1.06. The molecule has 0 saturated heterocycles. The van der Waals surface area contributed by atoms with Crippen LogP contribution in [0.25, 0.3) is 0 Å². The summed E-state index contributed by atoms with van der Waals surface area (Å²) in [5.74, 6) is -0.829. The Labute approximate surface area is 104 Å². The van der Waals surface area contributed by atoms with Crippen LogP contribution in [-0.4, -0.2) is 17.9 Å².